The fourth-order valence-corrected chi connectivity index (χ4v) is 3.38. The molecule has 3 aromatic rings. The molecule has 1 aliphatic heterocycles. The number of rotatable bonds is 2. The second-order valence-electron chi connectivity index (χ2n) is 5.26. The molecule has 1 aromatic heterocycles. The van der Waals surface area contributed by atoms with Crippen molar-refractivity contribution in [2.24, 2.45) is 4.99 Å². The molecule has 0 saturated carbocycles. The van der Waals surface area contributed by atoms with Crippen molar-refractivity contribution in [3.05, 3.63) is 68.6 Å². The Morgan fingerprint density at radius 2 is 1.83 bits per heavy atom. The van der Waals surface area contributed by atoms with Crippen LogP contribution in [0.4, 0.5) is 5.95 Å². The number of nitrogens with zero attached hydrogens (tertiary/aromatic N) is 5. The summed E-state index contributed by atoms with van der Waals surface area (Å²) in [5.74, 6) is 0.541. The summed E-state index contributed by atoms with van der Waals surface area (Å²) in [7, 11) is 0. The number of hydrogen-bond acceptors (Lipinski definition) is 4. The van der Waals surface area contributed by atoms with Gasteiger partial charge >= 0.3 is 0 Å². The maximum absolute atomic E-state index is 4.62. The molecule has 1 aliphatic rings. The normalized spacial score (nSPS) is 16.8. The number of aromatic nitrogens is 4. The molecule has 0 fully saturated rings. The Labute approximate surface area is 149 Å². The Kier molecular flexibility index (Phi) is 3.82. The van der Waals surface area contributed by atoms with E-state index in [-0.39, 0.29) is 6.04 Å². The SMILES string of the molecule is Brc1ccc(C2=Nc3nnnn3C(c3cccc(Br)c3)C2)cc1. The summed E-state index contributed by atoms with van der Waals surface area (Å²) in [5, 5.41) is 11.9. The van der Waals surface area contributed by atoms with Crippen molar-refractivity contribution in [3.8, 4) is 0 Å². The van der Waals surface area contributed by atoms with Crippen LogP contribution >= 0.6 is 31.9 Å². The fourth-order valence-electron chi connectivity index (χ4n) is 2.70. The first-order valence-corrected chi connectivity index (χ1v) is 8.66. The molecule has 1 unspecified atom stereocenters. The highest BCUT2D eigenvalue weighted by Gasteiger charge is 2.26. The lowest BCUT2D eigenvalue weighted by Crippen LogP contribution is -2.21. The molecule has 0 amide bonds. The molecule has 114 valence electrons. The second kappa shape index (κ2) is 5.98. The third-order valence-corrected chi connectivity index (χ3v) is 4.83. The topological polar surface area (TPSA) is 56.0 Å². The molecule has 0 radical (unpaired) electrons. The van der Waals surface area contributed by atoms with Gasteiger partial charge in [-0.05, 0) is 45.8 Å². The van der Waals surface area contributed by atoms with Gasteiger partial charge in [0.15, 0.2) is 0 Å². The number of halogens is 2. The van der Waals surface area contributed by atoms with E-state index in [1.807, 2.05) is 24.3 Å². The smallest absolute Gasteiger partial charge is 0.214 e. The van der Waals surface area contributed by atoms with E-state index in [1.165, 1.54) is 0 Å². The molecule has 0 aliphatic carbocycles. The minimum absolute atomic E-state index is 0.0358. The van der Waals surface area contributed by atoms with Crippen molar-refractivity contribution in [1.29, 1.82) is 0 Å². The van der Waals surface area contributed by atoms with Crippen molar-refractivity contribution in [2.45, 2.75) is 12.5 Å². The zero-order chi connectivity index (χ0) is 15.8. The highest BCUT2D eigenvalue weighted by Crippen LogP contribution is 2.32. The molecule has 1 atom stereocenters. The lowest BCUT2D eigenvalue weighted by atomic mass is 9.96. The summed E-state index contributed by atoms with van der Waals surface area (Å²) in [5.41, 5.74) is 3.23. The molecule has 0 N–H and O–H groups in total. The van der Waals surface area contributed by atoms with E-state index >= 15 is 0 Å². The Bertz CT molecular complexity index is 885. The van der Waals surface area contributed by atoms with Crippen LogP contribution in [-0.4, -0.2) is 25.9 Å². The molecule has 2 heterocycles. The first-order chi connectivity index (χ1) is 11.2. The lowest BCUT2D eigenvalue weighted by Gasteiger charge is -2.23. The van der Waals surface area contributed by atoms with Crippen molar-refractivity contribution in [2.75, 3.05) is 0 Å². The van der Waals surface area contributed by atoms with Gasteiger partial charge in [-0.15, -0.1) is 0 Å². The summed E-state index contributed by atoms with van der Waals surface area (Å²) >= 11 is 7.00. The largest absolute Gasteiger partial charge is 0.269 e. The van der Waals surface area contributed by atoms with E-state index in [0.29, 0.717) is 5.95 Å². The van der Waals surface area contributed by atoms with Crippen LogP contribution in [0.15, 0.2) is 62.5 Å². The van der Waals surface area contributed by atoms with Gasteiger partial charge in [0.2, 0.25) is 0 Å². The zero-order valence-corrected chi connectivity index (χ0v) is 15.1. The minimum atomic E-state index is 0.0358. The van der Waals surface area contributed by atoms with E-state index in [9.17, 15) is 0 Å². The third kappa shape index (κ3) is 2.86. The molecule has 7 heteroatoms. The number of benzene rings is 2. The summed E-state index contributed by atoms with van der Waals surface area (Å²) in [6, 6.07) is 16.4. The molecule has 4 rings (SSSR count). The van der Waals surface area contributed by atoms with Crippen molar-refractivity contribution in [3.63, 3.8) is 0 Å². The van der Waals surface area contributed by atoms with Crippen molar-refractivity contribution < 1.29 is 0 Å². The highest BCUT2D eigenvalue weighted by atomic mass is 79.9. The molecule has 5 nitrogen and oxygen atoms in total. The summed E-state index contributed by atoms with van der Waals surface area (Å²) < 4.78 is 3.87. The quantitative estimate of drug-likeness (QED) is 0.606. The van der Waals surface area contributed by atoms with E-state index in [0.717, 1.165) is 32.2 Å². The number of tetrazole rings is 1. The van der Waals surface area contributed by atoms with E-state index in [1.54, 1.807) is 4.68 Å². The Morgan fingerprint density at radius 1 is 1.00 bits per heavy atom. The van der Waals surface area contributed by atoms with E-state index in [4.69, 9.17) is 0 Å². The van der Waals surface area contributed by atoms with Crippen LogP contribution in [0.5, 0.6) is 0 Å². The first-order valence-electron chi connectivity index (χ1n) is 7.07. The van der Waals surface area contributed by atoms with Gasteiger partial charge in [0.25, 0.3) is 5.95 Å². The highest BCUT2D eigenvalue weighted by molar-refractivity contribution is 9.10. The van der Waals surface area contributed by atoms with Gasteiger partial charge in [-0.2, -0.15) is 0 Å². The summed E-state index contributed by atoms with van der Waals surface area (Å²) in [6.07, 6.45) is 0.746. The van der Waals surface area contributed by atoms with Crippen molar-refractivity contribution in [1.82, 2.24) is 20.2 Å². The van der Waals surface area contributed by atoms with E-state index < -0.39 is 0 Å². The Morgan fingerprint density at radius 3 is 2.61 bits per heavy atom. The average molecular weight is 433 g/mol. The van der Waals surface area contributed by atoms with Crippen LogP contribution in [-0.2, 0) is 0 Å². The molecule has 0 bridgehead atoms. The van der Waals surface area contributed by atoms with Crippen LogP contribution in [0.3, 0.4) is 0 Å². The number of fused-ring (bicyclic) bond motifs is 1. The Balaban J connectivity index is 1.79. The van der Waals surface area contributed by atoms with Gasteiger partial charge in [-0.25, -0.2) is 9.67 Å². The maximum atomic E-state index is 4.62. The molecular formula is C16H11Br2N5. The lowest BCUT2D eigenvalue weighted by molar-refractivity contribution is 0.514. The average Bonchev–Trinajstić information content (AvgIpc) is 3.03. The van der Waals surface area contributed by atoms with Crippen LogP contribution < -0.4 is 0 Å². The number of hydrogen-bond donors (Lipinski definition) is 0. The summed E-state index contributed by atoms with van der Waals surface area (Å²) in [6.45, 7) is 0. The standard InChI is InChI=1S/C16H11Br2N5/c17-12-6-4-10(5-7-12)14-9-15(11-2-1-3-13(18)8-11)23-16(19-14)20-21-22-23/h1-8,15H,9H2. The maximum Gasteiger partial charge on any atom is 0.269 e. The molecule has 2 aromatic carbocycles. The molecule has 23 heavy (non-hydrogen) atoms. The van der Waals surface area contributed by atoms with E-state index in [2.05, 4.69) is 76.6 Å². The van der Waals surface area contributed by atoms with Crippen LogP contribution in [0.1, 0.15) is 23.6 Å². The third-order valence-electron chi connectivity index (χ3n) is 3.80. The molecule has 0 saturated heterocycles. The fraction of sp³-hybridized carbons (Fsp3) is 0.125. The van der Waals surface area contributed by atoms with Gasteiger partial charge in [0.1, 0.15) is 0 Å². The zero-order valence-electron chi connectivity index (χ0n) is 11.9. The minimum Gasteiger partial charge on any atom is -0.214 e. The van der Waals surface area contributed by atoms with Gasteiger partial charge in [-0.1, -0.05) is 61.2 Å². The van der Waals surface area contributed by atoms with Gasteiger partial charge < -0.3 is 0 Å². The molecular weight excluding hydrogens is 422 g/mol. The van der Waals surface area contributed by atoms with Crippen LogP contribution in [0.2, 0.25) is 0 Å². The number of aliphatic imine (C=N–C) groups is 1. The monoisotopic (exact) mass is 431 g/mol. The second-order valence-corrected chi connectivity index (χ2v) is 7.10. The van der Waals surface area contributed by atoms with Gasteiger partial charge in [0.05, 0.1) is 11.8 Å². The van der Waals surface area contributed by atoms with Gasteiger partial charge in [0, 0.05) is 15.4 Å². The Hall–Kier alpha value is -1.86. The predicted octanol–water partition coefficient (Wildman–Crippen LogP) is 4.31. The van der Waals surface area contributed by atoms with Crippen LogP contribution in [0.25, 0.3) is 0 Å². The van der Waals surface area contributed by atoms with Crippen molar-refractivity contribution >= 4 is 43.5 Å². The van der Waals surface area contributed by atoms with Gasteiger partial charge in [-0.3, -0.25) is 0 Å². The predicted molar refractivity (Wildman–Crippen MR) is 95.1 cm³/mol. The van der Waals surface area contributed by atoms with Crippen LogP contribution in [0, 0.1) is 0 Å². The summed E-state index contributed by atoms with van der Waals surface area (Å²) in [4.78, 5) is 4.62. The molecule has 0 spiro atoms. The first kappa shape index (κ1) is 14.7.